The molecule has 4 nitrogen and oxygen atoms in total. The van der Waals surface area contributed by atoms with Gasteiger partial charge in [0.2, 0.25) is 0 Å². The Labute approximate surface area is 96.2 Å². The quantitative estimate of drug-likeness (QED) is 0.768. The predicted molar refractivity (Wildman–Crippen MR) is 57.2 cm³/mol. The van der Waals surface area contributed by atoms with Crippen molar-refractivity contribution >= 4 is 29.2 Å². The molecule has 0 heterocycles. The van der Waals surface area contributed by atoms with Gasteiger partial charge in [-0.1, -0.05) is 11.6 Å². The predicted octanol–water partition coefficient (Wildman–Crippen LogP) is 1.83. The molecule has 6 heteroatoms. The van der Waals surface area contributed by atoms with Gasteiger partial charge < -0.3 is 10.0 Å². The van der Waals surface area contributed by atoms with Gasteiger partial charge in [0.1, 0.15) is 5.82 Å². The molecule has 0 saturated carbocycles. The SMILES string of the molecule is Cc1cc(Cl)c(N(C)C(=O)C(=O)O)cc1F. The van der Waals surface area contributed by atoms with E-state index in [0.717, 1.165) is 11.0 Å². The molecule has 0 unspecified atom stereocenters. The molecule has 1 aromatic carbocycles. The average Bonchev–Trinajstić information content (AvgIpc) is 2.21. The Morgan fingerprint density at radius 3 is 2.50 bits per heavy atom. The number of nitrogens with zero attached hydrogens (tertiary/aromatic N) is 1. The number of rotatable bonds is 1. The minimum absolute atomic E-state index is 0.0252. The van der Waals surface area contributed by atoms with Gasteiger partial charge in [-0.25, -0.2) is 9.18 Å². The van der Waals surface area contributed by atoms with E-state index in [-0.39, 0.29) is 10.7 Å². The van der Waals surface area contributed by atoms with Gasteiger partial charge in [0.15, 0.2) is 0 Å². The molecule has 0 spiro atoms. The van der Waals surface area contributed by atoms with Crippen molar-refractivity contribution < 1.29 is 19.1 Å². The van der Waals surface area contributed by atoms with Crippen molar-refractivity contribution in [2.45, 2.75) is 6.92 Å². The second-order valence-electron chi connectivity index (χ2n) is 3.22. The molecule has 0 aliphatic rings. The number of hydrogen-bond acceptors (Lipinski definition) is 2. The Bertz CT molecular complexity index is 462. The van der Waals surface area contributed by atoms with Crippen LogP contribution >= 0.6 is 11.6 Å². The molecule has 0 aliphatic carbocycles. The zero-order chi connectivity index (χ0) is 12.5. The minimum atomic E-state index is -1.63. The first-order valence-corrected chi connectivity index (χ1v) is 4.69. The fraction of sp³-hybridized carbons (Fsp3) is 0.200. The summed E-state index contributed by atoms with van der Waals surface area (Å²) in [5.41, 5.74) is 0.349. The van der Waals surface area contributed by atoms with Crippen LogP contribution in [0.5, 0.6) is 0 Å². The van der Waals surface area contributed by atoms with Crippen LogP contribution < -0.4 is 4.90 Å². The second-order valence-corrected chi connectivity index (χ2v) is 3.63. The smallest absolute Gasteiger partial charge is 0.394 e. The largest absolute Gasteiger partial charge is 0.474 e. The van der Waals surface area contributed by atoms with E-state index < -0.39 is 17.7 Å². The fourth-order valence-electron chi connectivity index (χ4n) is 1.15. The van der Waals surface area contributed by atoms with Crippen LogP contribution in [0, 0.1) is 12.7 Å². The van der Waals surface area contributed by atoms with E-state index in [0.29, 0.717) is 5.56 Å². The van der Waals surface area contributed by atoms with Gasteiger partial charge in [0.05, 0.1) is 10.7 Å². The molecule has 0 atom stereocenters. The molecule has 1 aromatic rings. The van der Waals surface area contributed by atoms with Crippen molar-refractivity contribution in [2.75, 3.05) is 11.9 Å². The highest BCUT2D eigenvalue weighted by Gasteiger charge is 2.21. The monoisotopic (exact) mass is 245 g/mol. The Balaban J connectivity index is 3.19. The normalized spacial score (nSPS) is 10.0. The Morgan fingerprint density at radius 2 is 2.00 bits per heavy atom. The standard InChI is InChI=1S/C10H9ClFNO3/c1-5-3-6(11)8(4-7(5)12)13(2)9(14)10(15)16/h3-4H,1-2H3,(H,15,16). The fourth-order valence-corrected chi connectivity index (χ4v) is 1.49. The van der Waals surface area contributed by atoms with Crippen LogP contribution in [-0.2, 0) is 9.59 Å². The summed E-state index contributed by atoms with van der Waals surface area (Å²) in [4.78, 5) is 22.4. The van der Waals surface area contributed by atoms with Gasteiger partial charge in [-0.3, -0.25) is 4.79 Å². The molecule has 86 valence electrons. The number of halogens is 2. The highest BCUT2D eigenvalue weighted by molar-refractivity contribution is 6.39. The molecular weight excluding hydrogens is 237 g/mol. The number of carbonyl (C=O) groups excluding carboxylic acids is 1. The molecule has 0 fully saturated rings. The van der Waals surface area contributed by atoms with Crippen LogP contribution in [0.3, 0.4) is 0 Å². The van der Waals surface area contributed by atoms with E-state index in [1.165, 1.54) is 20.0 Å². The molecule has 1 N–H and O–H groups in total. The number of carboxylic acid groups (broad SMARTS) is 1. The molecule has 1 rings (SSSR count). The summed E-state index contributed by atoms with van der Waals surface area (Å²) in [6, 6.07) is 2.36. The Morgan fingerprint density at radius 1 is 1.44 bits per heavy atom. The molecule has 0 radical (unpaired) electrons. The summed E-state index contributed by atoms with van der Waals surface area (Å²) in [5.74, 6) is -3.35. The molecule has 0 bridgehead atoms. The van der Waals surface area contributed by atoms with Crippen molar-refractivity contribution in [3.63, 3.8) is 0 Å². The second kappa shape index (κ2) is 4.49. The van der Waals surface area contributed by atoms with Crippen molar-refractivity contribution in [3.05, 3.63) is 28.5 Å². The zero-order valence-electron chi connectivity index (χ0n) is 8.62. The third-order valence-electron chi connectivity index (χ3n) is 2.08. The summed E-state index contributed by atoms with van der Waals surface area (Å²) < 4.78 is 13.2. The number of anilines is 1. The molecule has 16 heavy (non-hydrogen) atoms. The summed E-state index contributed by atoms with van der Waals surface area (Å²) in [6.45, 7) is 1.52. The van der Waals surface area contributed by atoms with Gasteiger partial charge in [0, 0.05) is 7.05 Å². The van der Waals surface area contributed by atoms with E-state index in [1.807, 2.05) is 0 Å². The van der Waals surface area contributed by atoms with Crippen LogP contribution in [0.15, 0.2) is 12.1 Å². The third kappa shape index (κ3) is 2.30. The van der Waals surface area contributed by atoms with Gasteiger partial charge >= 0.3 is 11.9 Å². The minimum Gasteiger partial charge on any atom is -0.474 e. The maximum atomic E-state index is 13.2. The zero-order valence-corrected chi connectivity index (χ0v) is 9.38. The number of benzene rings is 1. The van der Waals surface area contributed by atoms with Crippen molar-refractivity contribution in [3.8, 4) is 0 Å². The van der Waals surface area contributed by atoms with E-state index in [9.17, 15) is 14.0 Å². The van der Waals surface area contributed by atoms with Crippen LogP contribution in [-0.4, -0.2) is 24.0 Å². The van der Waals surface area contributed by atoms with E-state index >= 15 is 0 Å². The molecule has 0 aliphatic heterocycles. The highest BCUT2D eigenvalue weighted by Crippen LogP contribution is 2.27. The Hall–Kier alpha value is -1.62. The lowest BCUT2D eigenvalue weighted by molar-refractivity contribution is -0.148. The number of aryl methyl sites for hydroxylation is 1. The first-order valence-electron chi connectivity index (χ1n) is 4.31. The molecular formula is C10H9ClFNO3. The van der Waals surface area contributed by atoms with E-state index in [1.54, 1.807) is 0 Å². The summed E-state index contributed by atoms with van der Waals surface area (Å²) >= 11 is 5.79. The number of likely N-dealkylation sites (N-methyl/N-ethyl adjacent to an activating group) is 1. The maximum absolute atomic E-state index is 13.2. The van der Waals surface area contributed by atoms with Crippen LogP contribution in [0.2, 0.25) is 5.02 Å². The first kappa shape index (κ1) is 12.4. The van der Waals surface area contributed by atoms with Gasteiger partial charge in [-0.15, -0.1) is 0 Å². The van der Waals surface area contributed by atoms with Crippen molar-refractivity contribution in [2.24, 2.45) is 0 Å². The van der Waals surface area contributed by atoms with E-state index in [2.05, 4.69) is 0 Å². The third-order valence-corrected chi connectivity index (χ3v) is 2.38. The van der Waals surface area contributed by atoms with Crippen LogP contribution in [0.4, 0.5) is 10.1 Å². The topological polar surface area (TPSA) is 57.6 Å². The lowest BCUT2D eigenvalue weighted by Gasteiger charge is -2.16. The molecule has 0 aromatic heterocycles. The molecule has 1 amide bonds. The van der Waals surface area contributed by atoms with E-state index in [4.69, 9.17) is 16.7 Å². The number of carbonyl (C=O) groups is 2. The Kier molecular flexibility index (Phi) is 3.49. The average molecular weight is 246 g/mol. The number of hydrogen-bond donors (Lipinski definition) is 1. The number of aliphatic carboxylic acids is 1. The number of carboxylic acids is 1. The van der Waals surface area contributed by atoms with Gasteiger partial charge in [-0.05, 0) is 24.6 Å². The van der Waals surface area contributed by atoms with Crippen LogP contribution in [0.25, 0.3) is 0 Å². The van der Waals surface area contributed by atoms with Crippen molar-refractivity contribution in [1.82, 2.24) is 0 Å². The summed E-state index contributed by atoms with van der Waals surface area (Å²) in [5, 5.41) is 8.62. The maximum Gasteiger partial charge on any atom is 0.394 e. The summed E-state index contributed by atoms with van der Waals surface area (Å²) in [6.07, 6.45) is 0. The number of amides is 1. The summed E-state index contributed by atoms with van der Waals surface area (Å²) in [7, 11) is 1.21. The van der Waals surface area contributed by atoms with Crippen LogP contribution in [0.1, 0.15) is 5.56 Å². The van der Waals surface area contributed by atoms with Gasteiger partial charge in [-0.2, -0.15) is 0 Å². The van der Waals surface area contributed by atoms with Gasteiger partial charge in [0.25, 0.3) is 0 Å². The lowest BCUT2D eigenvalue weighted by atomic mass is 10.2. The van der Waals surface area contributed by atoms with Crippen molar-refractivity contribution in [1.29, 1.82) is 0 Å². The lowest BCUT2D eigenvalue weighted by Crippen LogP contribution is -2.33. The molecule has 0 saturated heterocycles. The highest BCUT2D eigenvalue weighted by atomic mass is 35.5. The first-order chi connectivity index (χ1) is 7.34.